The number of nitrogens with one attached hydrogen (secondary N) is 1. The van der Waals surface area contributed by atoms with E-state index < -0.39 is 0 Å². The van der Waals surface area contributed by atoms with E-state index in [2.05, 4.69) is 17.4 Å². The molecule has 0 saturated heterocycles. The third-order valence-corrected chi connectivity index (χ3v) is 3.17. The number of fused-ring (bicyclic) bond motifs is 1. The number of anilines is 2. The van der Waals surface area contributed by atoms with Crippen LogP contribution in [0.3, 0.4) is 0 Å². The van der Waals surface area contributed by atoms with Gasteiger partial charge in [-0.3, -0.25) is 0 Å². The smallest absolute Gasteiger partial charge is 0.0492 e. The predicted octanol–water partition coefficient (Wildman–Crippen LogP) is 2.36. The molecule has 1 heterocycles. The summed E-state index contributed by atoms with van der Waals surface area (Å²) in [7, 11) is 0. The molecule has 2 aromatic rings. The maximum Gasteiger partial charge on any atom is 0.0492 e. The minimum absolute atomic E-state index is 0.0379. The van der Waals surface area contributed by atoms with Gasteiger partial charge in [-0.05, 0) is 23.3 Å². The van der Waals surface area contributed by atoms with Crippen molar-refractivity contribution >= 4 is 11.4 Å². The van der Waals surface area contributed by atoms with Crippen LogP contribution in [0, 0.1) is 0 Å². The van der Waals surface area contributed by atoms with Crippen molar-refractivity contribution in [2.75, 3.05) is 17.6 Å². The Labute approximate surface area is 100 Å². The summed E-state index contributed by atoms with van der Waals surface area (Å²) < 4.78 is 0. The van der Waals surface area contributed by atoms with Gasteiger partial charge in [0.05, 0.1) is 0 Å². The van der Waals surface area contributed by atoms with Gasteiger partial charge in [0.15, 0.2) is 0 Å². The summed E-state index contributed by atoms with van der Waals surface area (Å²) >= 11 is 0. The molecule has 17 heavy (non-hydrogen) atoms. The van der Waals surface area contributed by atoms with Crippen LogP contribution in [0.4, 0.5) is 11.4 Å². The SMILES string of the molecule is Nc1cc(-c2ccccc2)c2c(c1)C(N)CN2. The molecule has 1 aliphatic rings. The van der Waals surface area contributed by atoms with Crippen molar-refractivity contribution in [3.8, 4) is 11.1 Å². The monoisotopic (exact) mass is 225 g/mol. The van der Waals surface area contributed by atoms with Crippen molar-refractivity contribution in [2.24, 2.45) is 5.73 Å². The summed E-state index contributed by atoms with van der Waals surface area (Å²) in [5.74, 6) is 0. The Bertz CT molecular complexity index is 549. The zero-order valence-corrected chi connectivity index (χ0v) is 9.48. The molecule has 3 heteroatoms. The number of benzene rings is 2. The molecule has 1 unspecified atom stereocenters. The second kappa shape index (κ2) is 3.79. The highest BCUT2D eigenvalue weighted by atomic mass is 15.0. The fourth-order valence-corrected chi connectivity index (χ4v) is 2.34. The van der Waals surface area contributed by atoms with Crippen LogP contribution in [0.1, 0.15) is 11.6 Å². The number of hydrogen-bond acceptors (Lipinski definition) is 3. The average Bonchev–Trinajstić information content (AvgIpc) is 2.72. The molecule has 0 aromatic heterocycles. The van der Waals surface area contributed by atoms with E-state index in [1.165, 1.54) is 0 Å². The fourth-order valence-electron chi connectivity index (χ4n) is 2.34. The van der Waals surface area contributed by atoms with Crippen molar-refractivity contribution in [3.63, 3.8) is 0 Å². The largest absolute Gasteiger partial charge is 0.399 e. The molecule has 0 bridgehead atoms. The van der Waals surface area contributed by atoms with Gasteiger partial charge in [0, 0.05) is 29.5 Å². The fraction of sp³-hybridized carbons (Fsp3) is 0.143. The van der Waals surface area contributed by atoms with Gasteiger partial charge in [0.25, 0.3) is 0 Å². The molecule has 0 radical (unpaired) electrons. The lowest BCUT2D eigenvalue weighted by atomic mass is 9.98. The highest BCUT2D eigenvalue weighted by Crippen LogP contribution is 2.39. The van der Waals surface area contributed by atoms with E-state index in [0.29, 0.717) is 0 Å². The molecule has 3 nitrogen and oxygen atoms in total. The Balaban J connectivity index is 2.22. The molecule has 3 rings (SSSR count). The Hall–Kier alpha value is -2.00. The van der Waals surface area contributed by atoms with E-state index in [1.54, 1.807) is 0 Å². The summed E-state index contributed by atoms with van der Waals surface area (Å²) in [6.07, 6.45) is 0. The van der Waals surface area contributed by atoms with Gasteiger partial charge in [0.2, 0.25) is 0 Å². The van der Waals surface area contributed by atoms with Crippen LogP contribution in [-0.4, -0.2) is 6.54 Å². The summed E-state index contributed by atoms with van der Waals surface area (Å²) in [6.45, 7) is 0.776. The van der Waals surface area contributed by atoms with Crippen LogP contribution in [0.2, 0.25) is 0 Å². The molecular formula is C14H15N3. The van der Waals surface area contributed by atoms with Crippen molar-refractivity contribution < 1.29 is 0 Å². The molecule has 0 amide bonds. The third kappa shape index (κ3) is 1.65. The minimum Gasteiger partial charge on any atom is -0.399 e. The van der Waals surface area contributed by atoms with Gasteiger partial charge in [-0.15, -0.1) is 0 Å². The van der Waals surface area contributed by atoms with E-state index in [9.17, 15) is 0 Å². The summed E-state index contributed by atoms with van der Waals surface area (Å²) in [4.78, 5) is 0. The van der Waals surface area contributed by atoms with Crippen molar-refractivity contribution in [2.45, 2.75) is 6.04 Å². The Kier molecular flexibility index (Phi) is 2.27. The molecule has 0 aliphatic carbocycles. The summed E-state index contributed by atoms with van der Waals surface area (Å²) in [5.41, 5.74) is 17.3. The highest BCUT2D eigenvalue weighted by Gasteiger charge is 2.22. The number of nitrogens with two attached hydrogens (primary N) is 2. The van der Waals surface area contributed by atoms with Gasteiger partial charge in [-0.25, -0.2) is 0 Å². The van der Waals surface area contributed by atoms with Gasteiger partial charge >= 0.3 is 0 Å². The van der Waals surface area contributed by atoms with E-state index in [-0.39, 0.29) is 6.04 Å². The molecular weight excluding hydrogens is 210 g/mol. The maximum atomic E-state index is 6.04. The Morgan fingerprint density at radius 3 is 2.65 bits per heavy atom. The molecule has 1 aliphatic heterocycles. The van der Waals surface area contributed by atoms with E-state index in [1.807, 2.05) is 30.3 Å². The molecule has 5 N–H and O–H groups in total. The summed E-state index contributed by atoms with van der Waals surface area (Å²) in [5, 5.41) is 3.36. The molecule has 0 spiro atoms. The molecule has 2 aromatic carbocycles. The first-order chi connectivity index (χ1) is 8.25. The number of nitrogen functional groups attached to an aromatic ring is 1. The van der Waals surface area contributed by atoms with E-state index in [0.717, 1.165) is 34.6 Å². The van der Waals surface area contributed by atoms with Crippen molar-refractivity contribution in [3.05, 3.63) is 48.0 Å². The van der Waals surface area contributed by atoms with Crippen LogP contribution in [0.25, 0.3) is 11.1 Å². The average molecular weight is 225 g/mol. The van der Waals surface area contributed by atoms with Crippen molar-refractivity contribution in [1.82, 2.24) is 0 Å². The molecule has 86 valence electrons. The normalized spacial score (nSPS) is 17.6. The topological polar surface area (TPSA) is 64.1 Å². The first kappa shape index (κ1) is 10.2. The first-order valence-electron chi connectivity index (χ1n) is 5.74. The Morgan fingerprint density at radius 1 is 1.12 bits per heavy atom. The van der Waals surface area contributed by atoms with Crippen LogP contribution in [0.15, 0.2) is 42.5 Å². The van der Waals surface area contributed by atoms with Gasteiger partial charge in [-0.2, -0.15) is 0 Å². The highest BCUT2D eigenvalue weighted by molar-refractivity contribution is 5.85. The van der Waals surface area contributed by atoms with Gasteiger partial charge in [-0.1, -0.05) is 30.3 Å². The third-order valence-electron chi connectivity index (χ3n) is 3.17. The number of rotatable bonds is 1. The van der Waals surface area contributed by atoms with Crippen LogP contribution in [-0.2, 0) is 0 Å². The van der Waals surface area contributed by atoms with Gasteiger partial charge in [0.1, 0.15) is 0 Å². The lowest BCUT2D eigenvalue weighted by Crippen LogP contribution is -2.11. The second-order valence-electron chi connectivity index (χ2n) is 4.39. The van der Waals surface area contributed by atoms with E-state index in [4.69, 9.17) is 11.5 Å². The maximum absolute atomic E-state index is 6.04. The summed E-state index contributed by atoms with van der Waals surface area (Å²) in [6, 6.07) is 14.2. The zero-order chi connectivity index (χ0) is 11.8. The van der Waals surface area contributed by atoms with Gasteiger partial charge < -0.3 is 16.8 Å². The van der Waals surface area contributed by atoms with E-state index >= 15 is 0 Å². The first-order valence-corrected chi connectivity index (χ1v) is 5.74. The predicted molar refractivity (Wildman–Crippen MR) is 71.7 cm³/mol. The standard InChI is InChI=1S/C14H15N3/c15-10-6-11(9-4-2-1-3-5-9)14-12(7-10)13(16)8-17-14/h1-7,13,17H,8,15-16H2. The Morgan fingerprint density at radius 2 is 1.88 bits per heavy atom. The molecule has 1 atom stereocenters. The van der Waals surface area contributed by atoms with Crippen LogP contribution >= 0.6 is 0 Å². The zero-order valence-electron chi connectivity index (χ0n) is 9.48. The minimum atomic E-state index is 0.0379. The lowest BCUT2D eigenvalue weighted by Gasteiger charge is -2.11. The second-order valence-corrected chi connectivity index (χ2v) is 4.39. The lowest BCUT2D eigenvalue weighted by molar-refractivity contribution is 0.808. The molecule has 0 saturated carbocycles. The number of hydrogen-bond donors (Lipinski definition) is 3. The van der Waals surface area contributed by atoms with Crippen molar-refractivity contribution in [1.29, 1.82) is 0 Å². The molecule has 0 fully saturated rings. The van der Waals surface area contributed by atoms with Crippen LogP contribution < -0.4 is 16.8 Å². The quantitative estimate of drug-likeness (QED) is 0.653. The van der Waals surface area contributed by atoms with Crippen LogP contribution in [0.5, 0.6) is 0 Å².